The first-order chi connectivity index (χ1) is 14.0. The number of halogens is 1. The number of rotatable bonds is 2. The predicted molar refractivity (Wildman–Crippen MR) is 109 cm³/mol. The first-order valence-corrected chi connectivity index (χ1v) is 9.49. The van der Waals surface area contributed by atoms with E-state index in [1.54, 1.807) is 18.4 Å². The van der Waals surface area contributed by atoms with Crippen LogP contribution in [0.15, 0.2) is 59.3 Å². The Kier molecular flexibility index (Phi) is 3.08. The lowest BCUT2D eigenvalue weighted by molar-refractivity contribution is 0.531. The molecule has 0 atom stereocenters. The zero-order chi connectivity index (χ0) is 19.8. The first-order valence-electron chi connectivity index (χ1n) is 9.49. The van der Waals surface area contributed by atoms with E-state index in [-0.39, 0.29) is 11.4 Å². The van der Waals surface area contributed by atoms with Crippen molar-refractivity contribution in [3.63, 3.8) is 0 Å². The van der Waals surface area contributed by atoms with E-state index < -0.39 is 0 Å². The molecule has 0 aliphatic carbocycles. The number of nitrogens with one attached hydrogen (secondary N) is 1. The maximum absolute atomic E-state index is 13.4. The van der Waals surface area contributed by atoms with Gasteiger partial charge in [0.25, 0.3) is 0 Å². The molecular weight excluding hydrogens is 369 g/mol. The van der Waals surface area contributed by atoms with Gasteiger partial charge in [-0.25, -0.2) is 9.37 Å². The third-order valence-electron chi connectivity index (χ3n) is 5.41. The number of fused-ring (bicyclic) bond motifs is 4. The van der Waals surface area contributed by atoms with Crippen LogP contribution in [0.3, 0.4) is 0 Å². The minimum Gasteiger partial charge on any atom is -0.432 e. The van der Waals surface area contributed by atoms with Crippen molar-refractivity contribution in [3.8, 4) is 22.5 Å². The molecule has 0 bridgehead atoms. The van der Waals surface area contributed by atoms with Crippen LogP contribution < -0.4 is 5.32 Å². The molecule has 29 heavy (non-hydrogen) atoms. The van der Waals surface area contributed by atoms with E-state index >= 15 is 0 Å². The molecule has 0 spiro atoms. The monoisotopic (exact) mass is 387 g/mol. The molecule has 0 amide bonds. The highest BCUT2D eigenvalue weighted by molar-refractivity contribution is 5.88. The van der Waals surface area contributed by atoms with Crippen LogP contribution in [-0.2, 0) is 6.54 Å². The fourth-order valence-electron chi connectivity index (χ4n) is 4.13. The van der Waals surface area contributed by atoms with Gasteiger partial charge in [-0.15, -0.1) is 0 Å². The Hall–Kier alpha value is -3.61. The van der Waals surface area contributed by atoms with Crippen LogP contribution >= 0.6 is 0 Å². The second-order valence-corrected chi connectivity index (χ2v) is 8.11. The van der Waals surface area contributed by atoms with Gasteiger partial charge in [0.05, 0.1) is 22.3 Å². The van der Waals surface area contributed by atoms with Crippen molar-refractivity contribution in [2.75, 3.05) is 5.32 Å². The fraction of sp³-hybridized carbons (Fsp3) is 0.182. The molecule has 2 aromatic carbocycles. The Morgan fingerprint density at radius 3 is 2.69 bits per heavy atom. The molecule has 7 heteroatoms. The number of anilines is 1. The van der Waals surface area contributed by atoms with Gasteiger partial charge < -0.3 is 14.3 Å². The average Bonchev–Trinajstić information content (AvgIpc) is 3.40. The van der Waals surface area contributed by atoms with Crippen LogP contribution in [0.4, 0.5) is 10.3 Å². The standard InChI is InChI=1S/C22H18FN5O/c1-22(2)12-28-17-11-14(5-8-16(17)24-20(28)26-22)19-18(13-3-6-15(23)7-4-13)25-21-27(19)9-10-29-21/h3-11H,12H2,1-2H3,(H,24,26). The lowest BCUT2D eigenvalue weighted by atomic mass is 10.0. The Labute approximate surface area is 165 Å². The third-order valence-corrected chi connectivity index (χ3v) is 5.41. The summed E-state index contributed by atoms with van der Waals surface area (Å²) in [5, 5.41) is 3.47. The van der Waals surface area contributed by atoms with Crippen LogP contribution in [0.25, 0.3) is 39.4 Å². The summed E-state index contributed by atoms with van der Waals surface area (Å²) in [4.78, 5) is 9.37. The Bertz CT molecular complexity index is 1390. The van der Waals surface area contributed by atoms with E-state index in [9.17, 15) is 4.39 Å². The van der Waals surface area contributed by atoms with Gasteiger partial charge in [0, 0.05) is 23.9 Å². The summed E-state index contributed by atoms with van der Waals surface area (Å²) in [5.41, 5.74) is 5.48. The van der Waals surface area contributed by atoms with Crippen LogP contribution in [0.5, 0.6) is 0 Å². The first kappa shape index (κ1) is 16.4. The maximum Gasteiger partial charge on any atom is 0.306 e. The van der Waals surface area contributed by atoms with E-state index in [0.717, 1.165) is 46.0 Å². The highest BCUT2D eigenvalue weighted by Crippen LogP contribution is 2.37. The number of hydrogen-bond donors (Lipinski definition) is 1. The normalized spacial score (nSPS) is 15.1. The summed E-state index contributed by atoms with van der Waals surface area (Å²) in [5.74, 6) is 1.12. The molecule has 5 aromatic rings. The van der Waals surface area contributed by atoms with Gasteiger partial charge in [0.15, 0.2) is 0 Å². The summed E-state index contributed by atoms with van der Waals surface area (Å²) < 4.78 is 23.1. The molecule has 6 nitrogen and oxygen atoms in total. The molecule has 3 aromatic heterocycles. The van der Waals surface area contributed by atoms with Gasteiger partial charge in [-0.1, -0.05) is 6.07 Å². The van der Waals surface area contributed by atoms with Crippen LogP contribution in [0, 0.1) is 5.82 Å². The smallest absolute Gasteiger partial charge is 0.306 e. The summed E-state index contributed by atoms with van der Waals surface area (Å²) in [6.45, 7) is 5.17. The van der Waals surface area contributed by atoms with Crippen molar-refractivity contribution in [2.45, 2.75) is 25.9 Å². The zero-order valence-electron chi connectivity index (χ0n) is 16.0. The van der Waals surface area contributed by atoms with Crippen molar-refractivity contribution in [1.82, 2.24) is 18.9 Å². The van der Waals surface area contributed by atoms with Crippen LogP contribution in [-0.4, -0.2) is 24.5 Å². The van der Waals surface area contributed by atoms with Gasteiger partial charge in [0.2, 0.25) is 5.95 Å². The summed E-state index contributed by atoms with van der Waals surface area (Å²) in [6, 6.07) is 12.6. The van der Waals surface area contributed by atoms with E-state index in [1.165, 1.54) is 12.1 Å². The number of imidazole rings is 2. The van der Waals surface area contributed by atoms with Crippen molar-refractivity contribution in [2.24, 2.45) is 0 Å². The van der Waals surface area contributed by atoms with Gasteiger partial charge in [-0.2, -0.15) is 4.98 Å². The molecule has 0 radical (unpaired) electrons. The van der Waals surface area contributed by atoms with E-state index in [4.69, 9.17) is 9.40 Å². The van der Waals surface area contributed by atoms with Crippen LogP contribution in [0.1, 0.15) is 13.8 Å². The molecule has 144 valence electrons. The highest BCUT2D eigenvalue weighted by Gasteiger charge is 2.30. The lowest BCUT2D eigenvalue weighted by Gasteiger charge is -2.17. The topological polar surface area (TPSA) is 60.3 Å². The van der Waals surface area contributed by atoms with E-state index in [2.05, 4.69) is 34.8 Å². The van der Waals surface area contributed by atoms with Gasteiger partial charge in [0.1, 0.15) is 17.8 Å². The van der Waals surface area contributed by atoms with Gasteiger partial charge in [-0.05, 0) is 50.2 Å². The van der Waals surface area contributed by atoms with Crippen LogP contribution in [0.2, 0.25) is 0 Å². The molecule has 1 N–H and O–H groups in total. The lowest BCUT2D eigenvalue weighted by Crippen LogP contribution is -2.28. The third kappa shape index (κ3) is 2.40. The van der Waals surface area contributed by atoms with Crippen molar-refractivity contribution in [1.29, 1.82) is 0 Å². The largest absolute Gasteiger partial charge is 0.432 e. The quantitative estimate of drug-likeness (QED) is 0.465. The maximum atomic E-state index is 13.4. The molecule has 1 aliphatic heterocycles. The van der Waals surface area contributed by atoms with E-state index in [1.807, 2.05) is 22.7 Å². The highest BCUT2D eigenvalue weighted by atomic mass is 19.1. The van der Waals surface area contributed by atoms with Crippen molar-refractivity contribution >= 4 is 22.8 Å². The second kappa shape index (κ2) is 5.47. The number of oxazole rings is 1. The Morgan fingerprint density at radius 2 is 1.86 bits per heavy atom. The van der Waals surface area contributed by atoms with Crippen molar-refractivity contribution in [3.05, 3.63) is 60.7 Å². The predicted octanol–water partition coefficient (Wildman–Crippen LogP) is 4.95. The molecule has 1 aliphatic rings. The van der Waals surface area contributed by atoms with Gasteiger partial charge >= 0.3 is 5.84 Å². The Morgan fingerprint density at radius 1 is 1.07 bits per heavy atom. The van der Waals surface area contributed by atoms with Crippen molar-refractivity contribution < 1.29 is 8.81 Å². The molecular formula is C22H18FN5O. The summed E-state index contributed by atoms with van der Waals surface area (Å²) in [6.07, 6.45) is 3.46. The molecule has 0 unspecified atom stereocenters. The number of nitrogens with zero attached hydrogens (tertiary/aromatic N) is 4. The molecule has 4 heterocycles. The Balaban J connectivity index is 1.58. The minimum absolute atomic E-state index is 0.0275. The van der Waals surface area contributed by atoms with E-state index in [0.29, 0.717) is 5.84 Å². The molecule has 6 rings (SSSR count). The fourth-order valence-corrected chi connectivity index (χ4v) is 4.13. The molecule has 0 fully saturated rings. The number of hydrogen-bond acceptors (Lipinski definition) is 4. The summed E-state index contributed by atoms with van der Waals surface area (Å²) in [7, 11) is 0. The summed E-state index contributed by atoms with van der Waals surface area (Å²) >= 11 is 0. The number of aromatic nitrogens is 4. The minimum atomic E-state index is -0.274. The SMILES string of the molecule is CC1(C)Cn2c(nc3ccc(-c4c(-c5ccc(F)cc5)nc5occn45)cc32)N1. The zero-order valence-corrected chi connectivity index (χ0v) is 16.0. The second-order valence-electron chi connectivity index (χ2n) is 8.11. The molecule has 0 saturated carbocycles. The average molecular weight is 387 g/mol. The number of benzene rings is 2. The van der Waals surface area contributed by atoms with Gasteiger partial charge in [-0.3, -0.25) is 4.40 Å². The molecule has 0 saturated heterocycles.